The van der Waals surface area contributed by atoms with Crippen LogP contribution in [0, 0.1) is 0 Å². The molecule has 1 aromatic rings. The molecule has 0 unspecified atom stereocenters. The van der Waals surface area contributed by atoms with Crippen LogP contribution in [0.2, 0.25) is 5.02 Å². The summed E-state index contributed by atoms with van der Waals surface area (Å²) < 4.78 is 68.5. The molecule has 0 radical (unpaired) electrons. The molecule has 0 spiro atoms. The minimum atomic E-state index is -5.20. The first-order valence-electron chi connectivity index (χ1n) is 7.10. The molecule has 0 saturated heterocycles. The Morgan fingerprint density at radius 1 is 1.38 bits per heavy atom. The fourth-order valence-electron chi connectivity index (χ4n) is 1.65. The normalized spacial score (nSPS) is 15.0. The molecule has 7 nitrogen and oxygen atoms in total. The number of carbonyl (C=O) groups excluding carboxylic acids is 1. The molecule has 1 rings (SSSR count). The van der Waals surface area contributed by atoms with Crippen LogP contribution >= 0.6 is 11.6 Å². The number of ether oxygens (including phenoxy) is 1. The molecule has 0 aliphatic rings. The van der Waals surface area contributed by atoms with Crippen molar-refractivity contribution in [1.29, 1.82) is 0 Å². The van der Waals surface area contributed by atoms with E-state index in [1.165, 1.54) is 14.2 Å². The zero-order valence-corrected chi connectivity index (χ0v) is 15.7. The van der Waals surface area contributed by atoms with Gasteiger partial charge in [0.2, 0.25) is 15.6 Å². The number of nitrogens with zero attached hydrogens (tertiary/aromatic N) is 1. The number of sulfonamides is 1. The van der Waals surface area contributed by atoms with Crippen molar-refractivity contribution in [2.45, 2.75) is 23.6 Å². The van der Waals surface area contributed by atoms with Gasteiger partial charge in [0, 0.05) is 20.7 Å². The maximum atomic E-state index is 12.7. The van der Waals surface area contributed by atoms with Gasteiger partial charge in [-0.3, -0.25) is 4.79 Å². The molecule has 1 atom stereocenters. The van der Waals surface area contributed by atoms with Gasteiger partial charge in [-0.05, 0) is 25.1 Å². The average Bonchev–Trinajstić information content (AvgIpc) is 2.52. The first-order chi connectivity index (χ1) is 11.7. The minimum absolute atomic E-state index is 0.0728. The largest absolute Gasteiger partial charge is 0.426 e. The predicted octanol–water partition coefficient (Wildman–Crippen LogP) is 1.86. The maximum Gasteiger partial charge on any atom is 0.426 e. The summed E-state index contributed by atoms with van der Waals surface area (Å²) in [4.78, 5) is 11.4. The van der Waals surface area contributed by atoms with Crippen molar-refractivity contribution < 1.29 is 36.2 Å². The standard InChI is InChI=1S/C14H18ClF3N2O5S/c1-13(22,14(16,17)18)12(21)19-11-5-4-9(8-10(11)15)26(23,24)20(2)6-7-25-3/h4-5,8,22H,6-7H2,1-3H3,(H,19,21)/t13-/m1/s1. The van der Waals surface area contributed by atoms with E-state index in [0.29, 0.717) is 6.92 Å². The molecule has 148 valence electrons. The van der Waals surface area contributed by atoms with Crippen molar-refractivity contribution in [3.63, 3.8) is 0 Å². The van der Waals surface area contributed by atoms with Crippen LogP contribution in [0.3, 0.4) is 0 Å². The van der Waals surface area contributed by atoms with Crippen LogP contribution in [0.4, 0.5) is 18.9 Å². The van der Waals surface area contributed by atoms with Crippen LogP contribution in [0.25, 0.3) is 0 Å². The molecule has 2 N–H and O–H groups in total. The summed E-state index contributed by atoms with van der Waals surface area (Å²) in [6.07, 6.45) is -5.20. The number of aliphatic hydroxyl groups is 1. The van der Waals surface area contributed by atoms with Gasteiger partial charge in [0.25, 0.3) is 5.91 Å². The average molecular weight is 419 g/mol. The monoisotopic (exact) mass is 418 g/mol. The molecular weight excluding hydrogens is 401 g/mol. The van der Waals surface area contributed by atoms with Crippen molar-refractivity contribution in [3.8, 4) is 0 Å². The van der Waals surface area contributed by atoms with Crippen LogP contribution in [0.5, 0.6) is 0 Å². The summed E-state index contributed by atoms with van der Waals surface area (Å²) in [5, 5.41) is 10.8. The van der Waals surface area contributed by atoms with E-state index in [1.54, 1.807) is 0 Å². The Bertz CT molecular complexity index is 768. The first kappa shape index (κ1) is 22.6. The minimum Gasteiger partial charge on any atom is -0.383 e. The highest BCUT2D eigenvalue weighted by Gasteiger charge is 2.55. The van der Waals surface area contributed by atoms with E-state index < -0.39 is 27.7 Å². The van der Waals surface area contributed by atoms with Gasteiger partial charge in [-0.25, -0.2) is 8.42 Å². The summed E-state index contributed by atoms with van der Waals surface area (Å²) in [5.41, 5.74) is -3.92. The Kier molecular flexibility index (Phi) is 7.04. The van der Waals surface area contributed by atoms with E-state index in [1.807, 2.05) is 5.32 Å². The topological polar surface area (TPSA) is 95.9 Å². The lowest BCUT2D eigenvalue weighted by molar-refractivity contribution is -0.242. The zero-order chi connectivity index (χ0) is 20.3. The first-order valence-corrected chi connectivity index (χ1v) is 8.92. The number of methoxy groups -OCH3 is 1. The molecule has 0 aromatic heterocycles. The van der Waals surface area contributed by atoms with Crippen LogP contribution in [0.1, 0.15) is 6.92 Å². The summed E-state index contributed by atoms with van der Waals surface area (Å²) in [7, 11) is -1.18. The van der Waals surface area contributed by atoms with Crippen molar-refractivity contribution in [2.24, 2.45) is 0 Å². The van der Waals surface area contributed by atoms with E-state index in [9.17, 15) is 31.5 Å². The van der Waals surface area contributed by atoms with Gasteiger partial charge in [-0.1, -0.05) is 11.6 Å². The number of benzene rings is 1. The van der Waals surface area contributed by atoms with Crippen molar-refractivity contribution in [3.05, 3.63) is 23.2 Å². The van der Waals surface area contributed by atoms with Crippen LogP contribution in [-0.2, 0) is 19.6 Å². The number of rotatable bonds is 7. The molecule has 0 saturated carbocycles. The third-order valence-electron chi connectivity index (χ3n) is 3.50. The summed E-state index contributed by atoms with van der Waals surface area (Å²) >= 11 is 5.87. The molecule has 26 heavy (non-hydrogen) atoms. The van der Waals surface area contributed by atoms with E-state index in [2.05, 4.69) is 0 Å². The Morgan fingerprint density at radius 3 is 2.42 bits per heavy atom. The summed E-state index contributed by atoms with van der Waals surface area (Å²) in [6.45, 7) is 0.521. The Balaban J connectivity index is 3.07. The van der Waals surface area contributed by atoms with E-state index in [0.717, 1.165) is 22.5 Å². The molecule has 12 heteroatoms. The number of anilines is 1. The number of halogens is 4. The fourth-order valence-corrected chi connectivity index (χ4v) is 3.12. The zero-order valence-electron chi connectivity index (χ0n) is 14.1. The number of amides is 1. The second-order valence-electron chi connectivity index (χ2n) is 5.49. The van der Waals surface area contributed by atoms with Gasteiger partial charge in [-0.15, -0.1) is 0 Å². The number of nitrogens with one attached hydrogen (secondary N) is 1. The highest BCUT2D eigenvalue weighted by Crippen LogP contribution is 2.33. The third kappa shape index (κ3) is 4.86. The second kappa shape index (κ2) is 8.09. The quantitative estimate of drug-likeness (QED) is 0.704. The highest BCUT2D eigenvalue weighted by molar-refractivity contribution is 7.89. The van der Waals surface area contributed by atoms with Gasteiger partial charge < -0.3 is 15.2 Å². The molecule has 0 aliphatic heterocycles. The van der Waals surface area contributed by atoms with Gasteiger partial charge in [-0.2, -0.15) is 17.5 Å². The van der Waals surface area contributed by atoms with Crippen LogP contribution in [-0.4, -0.2) is 62.8 Å². The lowest BCUT2D eigenvalue weighted by atomic mass is 10.1. The fraction of sp³-hybridized carbons (Fsp3) is 0.500. The number of hydrogen-bond acceptors (Lipinski definition) is 5. The molecule has 0 fully saturated rings. The Morgan fingerprint density at radius 2 is 1.96 bits per heavy atom. The lowest BCUT2D eigenvalue weighted by Crippen LogP contribution is -2.52. The summed E-state index contributed by atoms with van der Waals surface area (Å²) in [5.74, 6) is -1.75. The highest BCUT2D eigenvalue weighted by atomic mass is 35.5. The molecule has 0 heterocycles. The van der Waals surface area contributed by atoms with E-state index >= 15 is 0 Å². The van der Waals surface area contributed by atoms with Crippen LogP contribution < -0.4 is 5.32 Å². The SMILES string of the molecule is COCCN(C)S(=O)(=O)c1ccc(NC(=O)[C@@](C)(O)C(F)(F)F)c(Cl)c1. The van der Waals surface area contributed by atoms with Crippen LogP contribution in [0.15, 0.2) is 23.1 Å². The molecule has 0 bridgehead atoms. The van der Waals surface area contributed by atoms with Crippen molar-refractivity contribution in [2.75, 3.05) is 32.6 Å². The van der Waals surface area contributed by atoms with E-state index in [4.69, 9.17) is 16.3 Å². The van der Waals surface area contributed by atoms with Gasteiger partial charge in [0.05, 0.1) is 22.2 Å². The van der Waals surface area contributed by atoms with Gasteiger partial charge in [0.15, 0.2) is 0 Å². The smallest absolute Gasteiger partial charge is 0.383 e. The molecule has 0 aliphatic carbocycles. The van der Waals surface area contributed by atoms with E-state index in [-0.39, 0.29) is 28.8 Å². The number of likely N-dealkylation sites (N-methyl/N-ethyl adjacent to an activating group) is 1. The number of carbonyl (C=O) groups is 1. The number of hydrogen-bond donors (Lipinski definition) is 2. The molecule has 1 amide bonds. The van der Waals surface area contributed by atoms with Gasteiger partial charge in [0.1, 0.15) is 0 Å². The summed E-state index contributed by atoms with van der Waals surface area (Å²) in [6, 6.07) is 3.09. The van der Waals surface area contributed by atoms with Crippen molar-refractivity contribution >= 4 is 33.2 Å². The molecule has 1 aromatic carbocycles. The second-order valence-corrected chi connectivity index (χ2v) is 7.94. The third-order valence-corrected chi connectivity index (χ3v) is 5.67. The number of alkyl halides is 3. The molecular formula is C14H18ClF3N2O5S. The maximum absolute atomic E-state index is 12.7. The lowest BCUT2D eigenvalue weighted by Gasteiger charge is -2.25. The van der Waals surface area contributed by atoms with Crippen molar-refractivity contribution in [1.82, 2.24) is 4.31 Å². The van der Waals surface area contributed by atoms with Gasteiger partial charge >= 0.3 is 6.18 Å². The Labute approximate surface area is 153 Å². The Hall–Kier alpha value is -1.40. The predicted molar refractivity (Wildman–Crippen MR) is 88.5 cm³/mol.